The van der Waals surface area contributed by atoms with Crippen LogP contribution in [-0.2, 0) is 10.2 Å². The summed E-state index contributed by atoms with van der Waals surface area (Å²) < 4.78 is 5.51. The van der Waals surface area contributed by atoms with Gasteiger partial charge in [0.2, 0.25) is 0 Å². The molecule has 0 atom stereocenters. The molecule has 0 radical (unpaired) electrons. The molecule has 2 nitrogen and oxygen atoms in total. The average molecular weight is 248 g/mol. The number of carbonyl (C=O) groups excluding carboxylic acids is 1. The van der Waals surface area contributed by atoms with Crippen molar-refractivity contribution in [2.75, 3.05) is 6.61 Å². The second-order valence-corrected chi connectivity index (χ2v) is 6.74. The summed E-state index contributed by atoms with van der Waals surface area (Å²) in [5.41, 5.74) is 1.06. The maximum absolute atomic E-state index is 11.7. The van der Waals surface area contributed by atoms with Crippen LogP contribution in [-0.4, -0.2) is 12.4 Å². The molecule has 0 heterocycles. The Morgan fingerprint density at radius 2 is 1.50 bits per heavy atom. The lowest BCUT2D eigenvalue weighted by molar-refractivity contribution is -0.128. The maximum atomic E-state index is 11.7. The van der Waals surface area contributed by atoms with Crippen LogP contribution in [0.15, 0.2) is 24.3 Å². The first-order valence-corrected chi connectivity index (χ1v) is 6.37. The highest BCUT2D eigenvalue weighted by atomic mass is 16.5. The van der Waals surface area contributed by atoms with Crippen LogP contribution >= 0.6 is 0 Å². The van der Waals surface area contributed by atoms with Gasteiger partial charge in [-0.2, -0.15) is 0 Å². The third kappa shape index (κ3) is 4.17. The number of ether oxygens (including phenoxy) is 1. The van der Waals surface area contributed by atoms with Gasteiger partial charge in [-0.3, -0.25) is 4.79 Å². The van der Waals surface area contributed by atoms with Crippen molar-refractivity contribution in [3.8, 4) is 5.75 Å². The standard InChI is InChI=1S/C16H24O2/c1-15(2,3)12-7-9-13(10-8-12)18-11-14(17)16(4,5)6/h7-10H,11H2,1-6H3. The minimum Gasteiger partial charge on any atom is -0.486 e. The highest BCUT2D eigenvalue weighted by Gasteiger charge is 2.21. The molecule has 1 rings (SSSR count). The largest absolute Gasteiger partial charge is 0.486 e. The van der Waals surface area contributed by atoms with Gasteiger partial charge in [0.15, 0.2) is 5.78 Å². The van der Waals surface area contributed by atoms with E-state index in [0.717, 1.165) is 5.75 Å². The summed E-state index contributed by atoms with van der Waals surface area (Å²) in [5.74, 6) is 0.864. The van der Waals surface area contributed by atoms with Crippen molar-refractivity contribution in [1.29, 1.82) is 0 Å². The summed E-state index contributed by atoms with van der Waals surface area (Å²) in [6.45, 7) is 12.4. The lowest BCUT2D eigenvalue weighted by Crippen LogP contribution is -2.26. The van der Waals surface area contributed by atoms with Gasteiger partial charge in [0, 0.05) is 5.41 Å². The van der Waals surface area contributed by atoms with Crippen LogP contribution in [0.3, 0.4) is 0 Å². The second-order valence-electron chi connectivity index (χ2n) is 6.74. The summed E-state index contributed by atoms with van der Waals surface area (Å²) in [7, 11) is 0. The van der Waals surface area contributed by atoms with Crippen molar-refractivity contribution >= 4 is 5.78 Å². The van der Waals surface area contributed by atoms with Gasteiger partial charge >= 0.3 is 0 Å². The normalized spacial score (nSPS) is 12.3. The molecule has 0 fully saturated rings. The molecule has 0 saturated carbocycles. The fourth-order valence-corrected chi connectivity index (χ4v) is 1.42. The van der Waals surface area contributed by atoms with E-state index in [1.54, 1.807) is 0 Å². The molecule has 0 saturated heterocycles. The average Bonchev–Trinajstić information content (AvgIpc) is 2.24. The SMILES string of the molecule is CC(C)(C)C(=O)COc1ccc(C(C)(C)C)cc1. The van der Waals surface area contributed by atoms with E-state index >= 15 is 0 Å². The molecule has 100 valence electrons. The first-order chi connectivity index (χ1) is 8.10. The quantitative estimate of drug-likeness (QED) is 0.808. The van der Waals surface area contributed by atoms with E-state index in [-0.39, 0.29) is 23.2 Å². The van der Waals surface area contributed by atoms with Gasteiger partial charge in [-0.05, 0) is 23.1 Å². The molecular formula is C16H24O2. The number of hydrogen-bond donors (Lipinski definition) is 0. The Labute approximate surface area is 110 Å². The molecule has 0 aromatic heterocycles. The molecule has 0 bridgehead atoms. The zero-order valence-electron chi connectivity index (χ0n) is 12.3. The van der Waals surface area contributed by atoms with Crippen LogP contribution in [0.25, 0.3) is 0 Å². The monoisotopic (exact) mass is 248 g/mol. The molecular weight excluding hydrogens is 224 g/mol. The Bertz CT molecular complexity index is 402. The second kappa shape index (κ2) is 5.13. The van der Waals surface area contributed by atoms with Crippen LogP contribution in [0.1, 0.15) is 47.1 Å². The number of carbonyl (C=O) groups is 1. The van der Waals surface area contributed by atoms with Gasteiger partial charge in [-0.25, -0.2) is 0 Å². The van der Waals surface area contributed by atoms with E-state index in [1.807, 2.05) is 32.9 Å². The lowest BCUT2D eigenvalue weighted by atomic mass is 9.87. The molecule has 0 N–H and O–H groups in total. The third-order valence-corrected chi connectivity index (χ3v) is 2.93. The van der Waals surface area contributed by atoms with Gasteiger partial charge < -0.3 is 4.74 Å². The zero-order valence-corrected chi connectivity index (χ0v) is 12.3. The molecule has 2 heteroatoms. The van der Waals surface area contributed by atoms with E-state index < -0.39 is 0 Å². The van der Waals surface area contributed by atoms with Gasteiger partial charge in [0.1, 0.15) is 12.4 Å². The number of benzene rings is 1. The zero-order chi connectivity index (χ0) is 14.0. The van der Waals surface area contributed by atoms with Crippen molar-refractivity contribution < 1.29 is 9.53 Å². The maximum Gasteiger partial charge on any atom is 0.175 e. The topological polar surface area (TPSA) is 26.3 Å². The van der Waals surface area contributed by atoms with Crippen LogP contribution < -0.4 is 4.74 Å². The molecule has 1 aromatic rings. The molecule has 18 heavy (non-hydrogen) atoms. The smallest absolute Gasteiger partial charge is 0.175 e. The van der Waals surface area contributed by atoms with Crippen molar-refractivity contribution in [2.24, 2.45) is 5.41 Å². The molecule has 0 aliphatic carbocycles. The Balaban J connectivity index is 2.63. The lowest BCUT2D eigenvalue weighted by Gasteiger charge is -2.20. The van der Waals surface area contributed by atoms with Crippen molar-refractivity contribution in [3.05, 3.63) is 29.8 Å². The summed E-state index contributed by atoms with van der Waals surface area (Å²) >= 11 is 0. The summed E-state index contributed by atoms with van der Waals surface area (Å²) in [6, 6.07) is 7.96. The predicted molar refractivity (Wildman–Crippen MR) is 75.1 cm³/mol. The van der Waals surface area contributed by atoms with E-state index in [1.165, 1.54) is 5.56 Å². The Hall–Kier alpha value is -1.31. The van der Waals surface area contributed by atoms with Gasteiger partial charge in [-0.1, -0.05) is 53.7 Å². The van der Waals surface area contributed by atoms with Gasteiger partial charge in [0.05, 0.1) is 0 Å². The van der Waals surface area contributed by atoms with E-state index in [9.17, 15) is 4.79 Å². The van der Waals surface area contributed by atoms with Crippen LogP contribution in [0.2, 0.25) is 0 Å². The summed E-state index contributed by atoms with van der Waals surface area (Å²) in [5, 5.41) is 0. The van der Waals surface area contributed by atoms with Crippen LogP contribution in [0, 0.1) is 5.41 Å². The van der Waals surface area contributed by atoms with Crippen molar-refractivity contribution in [1.82, 2.24) is 0 Å². The van der Waals surface area contributed by atoms with E-state index in [0.29, 0.717) is 0 Å². The minimum atomic E-state index is -0.342. The van der Waals surface area contributed by atoms with Crippen LogP contribution in [0.4, 0.5) is 0 Å². The van der Waals surface area contributed by atoms with Crippen molar-refractivity contribution in [2.45, 2.75) is 47.0 Å². The van der Waals surface area contributed by atoms with Crippen LogP contribution in [0.5, 0.6) is 5.75 Å². The molecule has 0 aliphatic rings. The Morgan fingerprint density at radius 1 is 1.00 bits per heavy atom. The van der Waals surface area contributed by atoms with Gasteiger partial charge in [0.25, 0.3) is 0 Å². The molecule has 1 aromatic carbocycles. The molecule has 0 amide bonds. The summed E-state index contributed by atoms with van der Waals surface area (Å²) in [4.78, 5) is 11.7. The first kappa shape index (κ1) is 14.7. The number of rotatable bonds is 3. The first-order valence-electron chi connectivity index (χ1n) is 6.37. The van der Waals surface area contributed by atoms with Gasteiger partial charge in [-0.15, -0.1) is 0 Å². The fourth-order valence-electron chi connectivity index (χ4n) is 1.42. The minimum absolute atomic E-state index is 0.113. The molecule has 0 aliphatic heterocycles. The predicted octanol–water partition coefficient (Wildman–Crippen LogP) is 3.98. The van der Waals surface area contributed by atoms with Crippen molar-refractivity contribution in [3.63, 3.8) is 0 Å². The summed E-state index contributed by atoms with van der Waals surface area (Å²) in [6.07, 6.45) is 0. The number of hydrogen-bond acceptors (Lipinski definition) is 2. The Kier molecular flexibility index (Phi) is 4.20. The molecule has 0 unspecified atom stereocenters. The molecule has 0 spiro atoms. The highest BCUT2D eigenvalue weighted by molar-refractivity contribution is 5.85. The van der Waals surface area contributed by atoms with E-state index in [4.69, 9.17) is 4.74 Å². The third-order valence-electron chi connectivity index (χ3n) is 2.93. The fraction of sp³-hybridized carbons (Fsp3) is 0.562. The number of ketones is 1. The van der Waals surface area contributed by atoms with E-state index in [2.05, 4.69) is 32.9 Å². The number of Topliss-reactive ketones (excluding diaryl/α,β-unsaturated/α-hetero) is 1. The highest BCUT2D eigenvalue weighted by Crippen LogP contribution is 2.24. The Morgan fingerprint density at radius 3 is 1.89 bits per heavy atom.